The summed E-state index contributed by atoms with van der Waals surface area (Å²) in [6, 6.07) is 8.02. The van der Waals surface area contributed by atoms with Gasteiger partial charge in [0.25, 0.3) is 0 Å². The van der Waals surface area contributed by atoms with Gasteiger partial charge in [-0.1, -0.05) is 38.5 Å². The molecule has 0 radical (unpaired) electrons. The quantitative estimate of drug-likeness (QED) is 0.873. The molecule has 1 aromatic rings. The molecule has 1 aliphatic heterocycles. The minimum Gasteiger partial charge on any atom is -0.508 e. The summed E-state index contributed by atoms with van der Waals surface area (Å²) in [7, 11) is 0. The molecule has 1 heterocycles. The van der Waals surface area contributed by atoms with Crippen molar-refractivity contribution in [3.63, 3.8) is 0 Å². The Bertz CT molecular complexity index is 394. The highest BCUT2D eigenvalue weighted by atomic mass is 16.3. The third-order valence-corrected chi connectivity index (χ3v) is 4.79. The molecule has 1 aromatic carbocycles. The molecule has 1 saturated heterocycles. The molecule has 0 saturated carbocycles. The Morgan fingerprint density at radius 3 is 2.44 bits per heavy atom. The number of phenols is 1. The zero-order valence-electron chi connectivity index (χ0n) is 11.8. The van der Waals surface area contributed by atoms with Gasteiger partial charge in [-0.25, -0.2) is 0 Å². The van der Waals surface area contributed by atoms with Crippen molar-refractivity contribution in [1.82, 2.24) is 4.90 Å². The second kappa shape index (κ2) is 5.31. The lowest BCUT2D eigenvalue weighted by molar-refractivity contribution is 0.0856. The minimum atomic E-state index is 0.313. The summed E-state index contributed by atoms with van der Waals surface area (Å²) < 4.78 is 0. The third kappa shape index (κ3) is 2.69. The molecule has 0 aliphatic carbocycles. The Morgan fingerprint density at radius 2 is 1.89 bits per heavy atom. The number of rotatable bonds is 3. The van der Waals surface area contributed by atoms with Crippen LogP contribution in [0.4, 0.5) is 0 Å². The number of piperidine rings is 1. The predicted octanol–water partition coefficient (Wildman–Crippen LogP) is 3.97. The van der Waals surface area contributed by atoms with Crippen LogP contribution in [0.3, 0.4) is 0 Å². The van der Waals surface area contributed by atoms with E-state index >= 15 is 0 Å². The molecule has 0 spiro atoms. The smallest absolute Gasteiger partial charge is 0.120 e. The van der Waals surface area contributed by atoms with Crippen LogP contribution in [0.2, 0.25) is 0 Å². The lowest BCUT2D eigenvalue weighted by atomic mass is 9.78. The molecule has 1 fully saturated rings. The molecule has 2 heteroatoms. The first-order valence-corrected chi connectivity index (χ1v) is 7.08. The van der Waals surface area contributed by atoms with E-state index in [1.54, 1.807) is 6.07 Å². The molecule has 1 unspecified atom stereocenters. The fourth-order valence-electron chi connectivity index (χ4n) is 2.84. The number of hydrogen-bond donors (Lipinski definition) is 1. The predicted molar refractivity (Wildman–Crippen MR) is 75.7 cm³/mol. The van der Waals surface area contributed by atoms with Crippen LogP contribution in [0.25, 0.3) is 0 Å². The van der Waals surface area contributed by atoms with E-state index in [0.29, 0.717) is 17.2 Å². The summed E-state index contributed by atoms with van der Waals surface area (Å²) in [4.78, 5) is 2.49. The molecule has 0 bridgehead atoms. The highest BCUT2D eigenvalue weighted by molar-refractivity contribution is 5.34. The van der Waals surface area contributed by atoms with Gasteiger partial charge >= 0.3 is 0 Å². The van der Waals surface area contributed by atoms with Crippen LogP contribution in [-0.4, -0.2) is 23.1 Å². The molecule has 1 N–H and O–H groups in total. The highest BCUT2D eigenvalue weighted by Gasteiger charge is 2.30. The average Bonchev–Trinajstić information content (AvgIpc) is 2.39. The van der Waals surface area contributed by atoms with Crippen LogP contribution in [0.15, 0.2) is 24.3 Å². The fourth-order valence-corrected chi connectivity index (χ4v) is 2.84. The lowest BCUT2D eigenvalue weighted by Gasteiger charge is -2.41. The monoisotopic (exact) mass is 247 g/mol. The maximum Gasteiger partial charge on any atom is 0.120 e. The maximum absolute atomic E-state index is 9.93. The molecule has 1 aliphatic rings. The molecular formula is C16H25NO. The molecule has 18 heavy (non-hydrogen) atoms. The van der Waals surface area contributed by atoms with Gasteiger partial charge in [0.2, 0.25) is 0 Å². The zero-order valence-corrected chi connectivity index (χ0v) is 11.8. The van der Waals surface area contributed by atoms with Gasteiger partial charge < -0.3 is 5.11 Å². The summed E-state index contributed by atoms with van der Waals surface area (Å²) in [5.74, 6) is 0.425. The first kappa shape index (κ1) is 13.4. The van der Waals surface area contributed by atoms with E-state index in [-0.39, 0.29) is 0 Å². The highest BCUT2D eigenvalue weighted by Crippen LogP contribution is 2.37. The molecule has 0 aromatic heterocycles. The number of benzene rings is 1. The number of likely N-dealkylation sites (tertiary alicyclic amines) is 1. The van der Waals surface area contributed by atoms with Gasteiger partial charge in [0, 0.05) is 11.6 Å². The lowest BCUT2D eigenvalue weighted by Crippen LogP contribution is -2.39. The molecule has 1 atom stereocenters. The maximum atomic E-state index is 9.93. The van der Waals surface area contributed by atoms with Gasteiger partial charge in [-0.3, -0.25) is 4.90 Å². The Morgan fingerprint density at radius 1 is 1.28 bits per heavy atom. The standard InChI is InChI=1S/C16H25NO/c1-4-16(3)9-11-17(12-10-16)13(2)14-7-5-6-8-15(14)18/h5-8,13,18H,4,9-12H2,1-3H3. The van der Waals surface area contributed by atoms with Crippen LogP contribution in [0, 0.1) is 5.41 Å². The van der Waals surface area contributed by atoms with Crippen molar-refractivity contribution in [2.24, 2.45) is 5.41 Å². The summed E-state index contributed by atoms with van der Waals surface area (Å²) in [6.07, 6.45) is 3.80. The third-order valence-electron chi connectivity index (χ3n) is 4.79. The van der Waals surface area contributed by atoms with Crippen molar-refractivity contribution in [2.75, 3.05) is 13.1 Å². The average molecular weight is 247 g/mol. The Balaban J connectivity index is 2.04. The number of hydrogen-bond acceptors (Lipinski definition) is 2. The molecule has 100 valence electrons. The van der Waals surface area contributed by atoms with E-state index in [4.69, 9.17) is 0 Å². The Kier molecular flexibility index (Phi) is 3.96. The summed E-state index contributed by atoms with van der Waals surface area (Å²) in [5, 5.41) is 9.93. The van der Waals surface area contributed by atoms with Crippen LogP contribution in [0.5, 0.6) is 5.75 Å². The van der Waals surface area contributed by atoms with Gasteiger partial charge in [0.15, 0.2) is 0 Å². The van der Waals surface area contributed by atoms with Crippen molar-refractivity contribution in [2.45, 2.75) is 46.1 Å². The minimum absolute atomic E-state index is 0.313. The van der Waals surface area contributed by atoms with Crippen LogP contribution >= 0.6 is 0 Å². The first-order chi connectivity index (χ1) is 8.56. The van der Waals surface area contributed by atoms with Crippen LogP contribution < -0.4 is 0 Å². The van der Waals surface area contributed by atoms with Gasteiger partial charge in [0.05, 0.1) is 0 Å². The topological polar surface area (TPSA) is 23.5 Å². The Labute approximate surface area is 111 Å². The largest absolute Gasteiger partial charge is 0.508 e. The summed E-state index contributed by atoms with van der Waals surface area (Å²) >= 11 is 0. The first-order valence-electron chi connectivity index (χ1n) is 7.08. The number of aromatic hydroxyl groups is 1. The number of phenolic OH excluding ortho intramolecular Hbond substituents is 1. The Hall–Kier alpha value is -1.02. The molecular weight excluding hydrogens is 222 g/mol. The molecule has 2 nitrogen and oxygen atoms in total. The molecule has 0 amide bonds. The number of para-hydroxylation sites is 1. The van der Waals surface area contributed by atoms with E-state index in [2.05, 4.69) is 25.7 Å². The number of nitrogens with zero attached hydrogens (tertiary/aromatic N) is 1. The van der Waals surface area contributed by atoms with Gasteiger partial charge in [0.1, 0.15) is 5.75 Å². The van der Waals surface area contributed by atoms with E-state index < -0.39 is 0 Å². The molecule has 2 rings (SSSR count). The van der Waals surface area contributed by atoms with E-state index in [9.17, 15) is 5.11 Å². The van der Waals surface area contributed by atoms with Gasteiger partial charge in [-0.05, 0) is 44.3 Å². The normalized spacial score (nSPS) is 21.7. The van der Waals surface area contributed by atoms with Crippen molar-refractivity contribution >= 4 is 0 Å². The zero-order chi connectivity index (χ0) is 13.2. The summed E-state index contributed by atoms with van der Waals surface area (Å²) in [5.41, 5.74) is 1.58. The van der Waals surface area contributed by atoms with Gasteiger partial charge in [-0.15, -0.1) is 0 Å². The second-order valence-electron chi connectivity index (χ2n) is 5.93. The second-order valence-corrected chi connectivity index (χ2v) is 5.93. The van der Waals surface area contributed by atoms with Crippen molar-refractivity contribution in [3.05, 3.63) is 29.8 Å². The van der Waals surface area contributed by atoms with Crippen molar-refractivity contribution in [1.29, 1.82) is 0 Å². The van der Waals surface area contributed by atoms with E-state index in [0.717, 1.165) is 18.7 Å². The van der Waals surface area contributed by atoms with E-state index in [1.807, 2.05) is 18.2 Å². The SMILES string of the molecule is CCC1(C)CCN(C(C)c2ccccc2O)CC1. The fraction of sp³-hybridized carbons (Fsp3) is 0.625. The van der Waals surface area contributed by atoms with Crippen molar-refractivity contribution in [3.8, 4) is 5.75 Å². The van der Waals surface area contributed by atoms with Gasteiger partial charge in [-0.2, -0.15) is 0 Å². The van der Waals surface area contributed by atoms with Crippen LogP contribution in [-0.2, 0) is 0 Å². The summed E-state index contributed by atoms with van der Waals surface area (Å²) in [6.45, 7) is 9.17. The van der Waals surface area contributed by atoms with E-state index in [1.165, 1.54) is 19.3 Å². The van der Waals surface area contributed by atoms with Crippen LogP contribution in [0.1, 0.15) is 51.6 Å². The van der Waals surface area contributed by atoms with Crippen molar-refractivity contribution < 1.29 is 5.11 Å².